The van der Waals surface area contributed by atoms with Gasteiger partial charge in [0.05, 0.1) is 35.6 Å². The summed E-state index contributed by atoms with van der Waals surface area (Å²) in [6.45, 7) is -1.14. The highest BCUT2D eigenvalue weighted by atomic mass is 19.4. The quantitative estimate of drug-likeness (QED) is 0.444. The van der Waals surface area contributed by atoms with Crippen LogP contribution in [0.25, 0.3) is 10.9 Å². The molecule has 1 aliphatic rings. The van der Waals surface area contributed by atoms with Crippen LogP contribution in [-0.2, 0) is 11.3 Å². The summed E-state index contributed by atoms with van der Waals surface area (Å²) in [6.07, 6.45) is -2.95. The van der Waals surface area contributed by atoms with Crippen molar-refractivity contribution in [1.29, 1.82) is 0 Å². The van der Waals surface area contributed by atoms with Gasteiger partial charge in [-0.25, -0.2) is 9.78 Å². The van der Waals surface area contributed by atoms with E-state index in [-0.39, 0.29) is 31.7 Å². The number of rotatable bonds is 5. The van der Waals surface area contributed by atoms with Crippen LogP contribution in [0, 0.1) is 11.9 Å². The maximum absolute atomic E-state index is 14.2. The summed E-state index contributed by atoms with van der Waals surface area (Å²) in [5, 5.41) is 2.69. The molecule has 0 saturated carbocycles. The third kappa shape index (κ3) is 5.11. The summed E-state index contributed by atoms with van der Waals surface area (Å²) in [7, 11) is 0. The summed E-state index contributed by atoms with van der Waals surface area (Å²) in [6, 6.07) is 7.77. The van der Waals surface area contributed by atoms with E-state index in [1.165, 1.54) is 16.8 Å². The Hall–Kier alpha value is -3.54. The lowest BCUT2D eigenvalue weighted by atomic mass is 10.1. The molecule has 1 unspecified atom stereocenters. The molecule has 174 valence electrons. The number of likely N-dealkylation sites (tertiary alicyclic amines) is 1. The van der Waals surface area contributed by atoms with Crippen LogP contribution in [0.4, 0.5) is 23.2 Å². The Morgan fingerprint density at radius 1 is 1.24 bits per heavy atom. The van der Waals surface area contributed by atoms with E-state index >= 15 is 0 Å². The van der Waals surface area contributed by atoms with Gasteiger partial charge in [-0.15, -0.1) is 0 Å². The number of carbonyl (C=O) groups excluding carboxylic acids is 1. The molecule has 2 N–H and O–H groups in total. The van der Waals surface area contributed by atoms with Gasteiger partial charge in [0.25, 0.3) is 5.56 Å². The molecule has 0 bridgehead atoms. The van der Waals surface area contributed by atoms with Crippen LogP contribution < -0.4 is 16.6 Å². The fourth-order valence-electron chi connectivity index (χ4n) is 3.93. The lowest BCUT2D eigenvalue weighted by Crippen LogP contribution is -2.34. The van der Waals surface area contributed by atoms with Crippen LogP contribution in [-0.4, -0.2) is 51.2 Å². The fourth-order valence-corrected chi connectivity index (χ4v) is 3.93. The van der Waals surface area contributed by atoms with Crippen LogP contribution in [0.2, 0.25) is 0 Å². The predicted molar refractivity (Wildman–Crippen MR) is 111 cm³/mol. The number of hydrogen-bond donors (Lipinski definition) is 2. The monoisotopic (exact) mass is 465 g/mol. The minimum absolute atomic E-state index is 0.0605. The summed E-state index contributed by atoms with van der Waals surface area (Å²) in [5.74, 6) is -2.29. The molecule has 1 aromatic carbocycles. The van der Waals surface area contributed by atoms with Gasteiger partial charge in [0.2, 0.25) is 11.9 Å². The molecule has 1 aliphatic heterocycles. The van der Waals surface area contributed by atoms with Crippen molar-refractivity contribution in [1.82, 2.24) is 19.4 Å². The van der Waals surface area contributed by atoms with E-state index in [1.807, 2.05) is 0 Å². The smallest absolute Gasteiger partial charge is 0.322 e. The zero-order chi connectivity index (χ0) is 23.8. The molecule has 3 aromatic rings. The van der Waals surface area contributed by atoms with Crippen LogP contribution in [0.5, 0.6) is 0 Å². The van der Waals surface area contributed by atoms with Crippen molar-refractivity contribution < 1.29 is 22.4 Å². The van der Waals surface area contributed by atoms with Crippen molar-refractivity contribution in [3.63, 3.8) is 0 Å². The number of pyridine rings is 1. The third-order valence-electron chi connectivity index (χ3n) is 5.45. The number of nitrogens with zero attached hydrogens (tertiary/aromatic N) is 3. The van der Waals surface area contributed by atoms with Crippen molar-refractivity contribution in [2.75, 3.05) is 25.0 Å². The predicted octanol–water partition coefficient (Wildman–Crippen LogP) is 2.09. The van der Waals surface area contributed by atoms with Crippen molar-refractivity contribution in [3.05, 3.63) is 68.9 Å². The number of nitrogens with one attached hydrogen (secondary N) is 2. The fraction of sp³-hybridized carbons (Fsp3) is 0.333. The molecule has 1 saturated heterocycles. The topological polar surface area (TPSA) is 100 Å². The molecule has 1 atom stereocenters. The second-order valence-corrected chi connectivity index (χ2v) is 7.87. The number of hydrogen-bond acceptors (Lipinski definition) is 5. The molecule has 8 nitrogen and oxygen atoms in total. The Morgan fingerprint density at radius 2 is 2.00 bits per heavy atom. The minimum Gasteiger partial charge on any atom is -0.322 e. The number of H-pyrrole nitrogens is 1. The number of aromatic amines is 1. The Morgan fingerprint density at radius 3 is 2.76 bits per heavy atom. The van der Waals surface area contributed by atoms with E-state index < -0.39 is 41.7 Å². The average Bonchev–Trinajstić information content (AvgIpc) is 3.20. The number of amides is 1. The average molecular weight is 465 g/mol. The number of anilines is 1. The Bertz CT molecular complexity index is 1320. The van der Waals surface area contributed by atoms with E-state index in [0.717, 1.165) is 4.90 Å². The molecule has 1 fully saturated rings. The van der Waals surface area contributed by atoms with Gasteiger partial charge in [0.1, 0.15) is 0 Å². The normalized spacial score (nSPS) is 16.9. The van der Waals surface area contributed by atoms with Gasteiger partial charge in [0, 0.05) is 12.7 Å². The second kappa shape index (κ2) is 8.77. The Labute approximate surface area is 183 Å². The number of para-hydroxylation sites is 1. The summed E-state index contributed by atoms with van der Waals surface area (Å²) in [5.41, 5.74) is -0.695. The maximum atomic E-state index is 14.2. The first-order valence-electron chi connectivity index (χ1n) is 10.1. The lowest BCUT2D eigenvalue weighted by Gasteiger charge is -2.17. The van der Waals surface area contributed by atoms with Gasteiger partial charge in [-0.1, -0.05) is 12.1 Å². The zero-order valence-corrected chi connectivity index (χ0v) is 17.2. The summed E-state index contributed by atoms with van der Waals surface area (Å²) >= 11 is 0. The number of carbonyl (C=O) groups is 1. The maximum Gasteiger partial charge on any atom is 0.401 e. The zero-order valence-electron chi connectivity index (χ0n) is 17.2. The highest BCUT2D eigenvalue weighted by Gasteiger charge is 2.36. The van der Waals surface area contributed by atoms with E-state index in [2.05, 4.69) is 15.3 Å². The molecule has 3 heterocycles. The van der Waals surface area contributed by atoms with E-state index in [1.54, 1.807) is 24.3 Å². The number of aromatic nitrogens is 3. The van der Waals surface area contributed by atoms with Gasteiger partial charge >= 0.3 is 11.9 Å². The van der Waals surface area contributed by atoms with E-state index in [9.17, 15) is 31.9 Å². The third-order valence-corrected chi connectivity index (χ3v) is 5.45. The second-order valence-electron chi connectivity index (χ2n) is 7.87. The molecule has 12 heteroatoms. The Kier molecular flexibility index (Phi) is 6.02. The first-order valence-corrected chi connectivity index (χ1v) is 10.1. The number of fused-ring (bicyclic) bond motifs is 1. The van der Waals surface area contributed by atoms with Gasteiger partial charge in [-0.3, -0.25) is 24.0 Å². The first-order chi connectivity index (χ1) is 15.6. The van der Waals surface area contributed by atoms with Crippen LogP contribution in [0.3, 0.4) is 0 Å². The molecular weight excluding hydrogens is 446 g/mol. The largest absolute Gasteiger partial charge is 0.401 e. The SMILES string of the molecule is O=C(Nc1cc(Cn2c(=O)[nH]c(=O)c3ccccc32)cnc1F)C1CCN(CC(F)(F)F)C1. The summed E-state index contributed by atoms with van der Waals surface area (Å²) in [4.78, 5) is 43.8. The van der Waals surface area contributed by atoms with Crippen LogP contribution in [0.1, 0.15) is 12.0 Å². The van der Waals surface area contributed by atoms with Gasteiger partial charge < -0.3 is 5.32 Å². The molecule has 33 heavy (non-hydrogen) atoms. The molecule has 0 radical (unpaired) electrons. The van der Waals surface area contributed by atoms with Gasteiger partial charge in [-0.2, -0.15) is 17.6 Å². The number of alkyl halides is 3. The lowest BCUT2D eigenvalue weighted by molar-refractivity contribution is -0.144. The van der Waals surface area contributed by atoms with Gasteiger partial charge in [-0.05, 0) is 36.7 Å². The first kappa shape index (κ1) is 22.6. The summed E-state index contributed by atoms with van der Waals surface area (Å²) < 4.78 is 53.2. The molecule has 4 rings (SSSR count). The standard InChI is InChI=1S/C21H19F4N5O3/c22-17-15(27-18(31)13-5-6-29(10-13)11-21(23,24)25)7-12(8-26-17)9-30-16-4-2-1-3-14(16)19(32)28-20(30)33/h1-4,7-8,13H,5-6,9-11H2,(H,27,31)(H,28,32,33). The van der Waals surface area contributed by atoms with Crippen molar-refractivity contribution in [2.24, 2.45) is 5.92 Å². The molecule has 0 aliphatic carbocycles. The molecular formula is C21H19F4N5O3. The van der Waals surface area contributed by atoms with Crippen LogP contribution in [0.15, 0.2) is 46.1 Å². The number of halogens is 4. The van der Waals surface area contributed by atoms with E-state index in [0.29, 0.717) is 16.5 Å². The Balaban J connectivity index is 1.53. The number of benzene rings is 1. The van der Waals surface area contributed by atoms with E-state index in [4.69, 9.17) is 0 Å². The molecule has 0 spiro atoms. The van der Waals surface area contributed by atoms with Crippen LogP contribution >= 0.6 is 0 Å². The molecule has 2 aromatic heterocycles. The highest BCUT2D eigenvalue weighted by molar-refractivity contribution is 5.93. The molecule has 1 amide bonds. The minimum atomic E-state index is -4.36. The van der Waals surface area contributed by atoms with Crippen molar-refractivity contribution >= 4 is 22.5 Å². The van der Waals surface area contributed by atoms with Crippen molar-refractivity contribution in [2.45, 2.75) is 19.1 Å². The highest BCUT2D eigenvalue weighted by Crippen LogP contribution is 2.24. The van der Waals surface area contributed by atoms with Crippen molar-refractivity contribution in [3.8, 4) is 0 Å². The van der Waals surface area contributed by atoms with Gasteiger partial charge in [0.15, 0.2) is 0 Å².